The zero-order valence-electron chi connectivity index (χ0n) is 11.2. The molecule has 114 valence electrons. The Morgan fingerprint density at radius 1 is 1.29 bits per heavy atom. The SMILES string of the molecule is CNCCn1cc(S(=O)(=O)Nc2ccc(Cl)c(Cl)c2)cn1. The van der Waals surface area contributed by atoms with E-state index in [1.807, 2.05) is 7.05 Å². The molecule has 6 nitrogen and oxygen atoms in total. The topological polar surface area (TPSA) is 76.0 Å². The standard InChI is InChI=1S/C12H14Cl2N4O2S/c1-15-4-5-18-8-10(7-16-18)21(19,20)17-9-2-3-11(13)12(14)6-9/h2-3,6-8,15,17H,4-5H2,1H3. The Morgan fingerprint density at radius 3 is 2.71 bits per heavy atom. The van der Waals surface area contributed by atoms with Crippen LogP contribution in [0.25, 0.3) is 0 Å². The van der Waals surface area contributed by atoms with Gasteiger partial charge < -0.3 is 5.32 Å². The van der Waals surface area contributed by atoms with E-state index in [1.165, 1.54) is 30.6 Å². The summed E-state index contributed by atoms with van der Waals surface area (Å²) in [5.41, 5.74) is 0.340. The van der Waals surface area contributed by atoms with Crippen molar-refractivity contribution in [3.05, 3.63) is 40.6 Å². The first-order chi connectivity index (χ1) is 9.92. The van der Waals surface area contributed by atoms with Crippen LogP contribution in [0.1, 0.15) is 0 Å². The van der Waals surface area contributed by atoms with Crippen molar-refractivity contribution >= 4 is 38.9 Å². The molecule has 0 aliphatic rings. The van der Waals surface area contributed by atoms with Crippen LogP contribution in [0.2, 0.25) is 10.0 Å². The van der Waals surface area contributed by atoms with Crippen molar-refractivity contribution in [1.82, 2.24) is 15.1 Å². The maximum atomic E-state index is 12.2. The molecule has 0 spiro atoms. The van der Waals surface area contributed by atoms with Gasteiger partial charge in [-0.3, -0.25) is 9.40 Å². The minimum Gasteiger partial charge on any atom is -0.318 e. The van der Waals surface area contributed by atoms with Gasteiger partial charge in [-0.15, -0.1) is 0 Å². The van der Waals surface area contributed by atoms with Crippen molar-refractivity contribution in [1.29, 1.82) is 0 Å². The van der Waals surface area contributed by atoms with E-state index in [0.717, 1.165) is 0 Å². The summed E-state index contributed by atoms with van der Waals surface area (Å²) >= 11 is 11.7. The number of sulfonamides is 1. The van der Waals surface area contributed by atoms with Crippen molar-refractivity contribution in [2.24, 2.45) is 0 Å². The molecule has 0 saturated carbocycles. The molecule has 2 rings (SSSR count). The maximum absolute atomic E-state index is 12.2. The lowest BCUT2D eigenvalue weighted by Gasteiger charge is -2.07. The van der Waals surface area contributed by atoms with Gasteiger partial charge in [-0.25, -0.2) is 8.42 Å². The van der Waals surface area contributed by atoms with Gasteiger partial charge in [0.25, 0.3) is 10.0 Å². The Kier molecular flexibility index (Phi) is 5.10. The number of benzene rings is 1. The van der Waals surface area contributed by atoms with Crippen LogP contribution in [0.4, 0.5) is 5.69 Å². The third-order valence-electron chi connectivity index (χ3n) is 2.68. The molecular formula is C12H14Cl2N4O2S. The summed E-state index contributed by atoms with van der Waals surface area (Å²) in [6.45, 7) is 1.28. The Bertz CT molecular complexity index is 731. The zero-order valence-corrected chi connectivity index (χ0v) is 13.5. The van der Waals surface area contributed by atoms with Crippen LogP contribution in [-0.4, -0.2) is 31.8 Å². The zero-order chi connectivity index (χ0) is 15.5. The molecule has 0 radical (unpaired) electrons. The molecule has 0 unspecified atom stereocenters. The van der Waals surface area contributed by atoms with E-state index < -0.39 is 10.0 Å². The number of aromatic nitrogens is 2. The van der Waals surface area contributed by atoms with Crippen LogP contribution in [0, 0.1) is 0 Å². The summed E-state index contributed by atoms with van der Waals surface area (Å²) in [5, 5.41) is 7.61. The van der Waals surface area contributed by atoms with Crippen molar-refractivity contribution in [2.75, 3.05) is 18.3 Å². The second kappa shape index (κ2) is 6.65. The van der Waals surface area contributed by atoms with Crippen LogP contribution in [0.15, 0.2) is 35.5 Å². The number of hydrogen-bond donors (Lipinski definition) is 2. The molecule has 1 aromatic heterocycles. The highest BCUT2D eigenvalue weighted by Crippen LogP contribution is 2.26. The molecule has 2 aromatic rings. The average Bonchev–Trinajstić information content (AvgIpc) is 2.90. The van der Waals surface area contributed by atoms with Crippen molar-refractivity contribution in [3.63, 3.8) is 0 Å². The third-order valence-corrected chi connectivity index (χ3v) is 4.76. The maximum Gasteiger partial charge on any atom is 0.265 e. The Labute approximate surface area is 133 Å². The largest absolute Gasteiger partial charge is 0.318 e. The van der Waals surface area contributed by atoms with Crippen molar-refractivity contribution in [2.45, 2.75) is 11.4 Å². The summed E-state index contributed by atoms with van der Waals surface area (Å²) in [4.78, 5) is 0.0877. The van der Waals surface area contributed by atoms with Gasteiger partial charge in [-0.1, -0.05) is 23.2 Å². The van der Waals surface area contributed by atoms with Crippen LogP contribution >= 0.6 is 23.2 Å². The molecule has 1 aromatic carbocycles. The number of rotatable bonds is 6. The predicted molar refractivity (Wildman–Crippen MR) is 83.4 cm³/mol. The fraction of sp³-hybridized carbons (Fsp3) is 0.250. The Hall–Kier alpha value is -1.28. The first kappa shape index (κ1) is 16.1. The molecular weight excluding hydrogens is 335 g/mol. The number of anilines is 1. The van der Waals surface area contributed by atoms with Gasteiger partial charge in [-0.2, -0.15) is 5.10 Å². The molecule has 21 heavy (non-hydrogen) atoms. The van der Waals surface area contributed by atoms with E-state index >= 15 is 0 Å². The van der Waals surface area contributed by atoms with Gasteiger partial charge in [0.1, 0.15) is 4.90 Å². The second-order valence-corrected chi connectivity index (χ2v) is 6.77. The normalized spacial score (nSPS) is 11.6. The number of halogens is 2. The summed E-state index contributed by atoms with van der Waals surface area (Å²) < 4.78 is 28.4. The van der Waals surface area contributed by atoms with Gasteiger partial charge in [0, 0.05) is 12.7 Å². The quantitative estimate of drug-likeness (QED) is 0.838. The van der Waals surface area contributed by atoms with Gasteiger partial charge >= 0.3 is 0 Å². The summed E-state index contributed by atoms with van der Waals surface area (Å²) in [5.74, 6) is 0. The first-order valence-electron chi connectivity index (χ1n) is 6.07. The lowest BCUT2D eigenvalue weighted by atomic mass is 10.3. The first-order valence-corrected chi connectivity index (χ1v) is 8.31. The highest BCUT2D eigenvalue weighted by Gasteiger charge is 2.17. The van der Waals surface area contributed by atoms with Crippen LogP contribution in [-0.2, 0) is 16.6 Å². The van der Waals surface area contributed by atoms with Gasteiger partial charge in [0.15, 0.2) is 0 Å². The highest BCUT2D eigenvalue weighted by atomic mass is 35.5. The highest BCUT2D eigenvalue weighted by molar-refractivity contribution is 7.92. The molecule has 0 atom stereocenters. The fourth-order valence-electron chi connectivity index (χ4n) is 1.61. The second-order valence-electron chi connectivity index (χ2n) is 4.28. The number of nitrogens with zero attached hydrogens (tertiary/aromatic N) is 2. The summed E-state index contributed by atoms with van der Waals surface area (Å²) in [6, 6.07) is 4.52. The van der Waals surface area contributed by atoms with Crippen LogP contribution in [0.3, 0.4) is 0 Å². The van der Waals surface area contributed by atoms with Gasteiger partial charge in [-0.05, 0) is 25.2 Å². The molecule has 0 amide bonds. The molecule has 0 aliphatic heterocycles. The Balaban J connectivity index is 2.17. The monoisotopic (exact) mass is 348 g/mol. The minimum atomic E-state index is -3.70. The van der Waals surface area contributed by atoms with E-state index in [9.17, 15) is 8.42 Å². The molecule has 0 fully saturated rings. The van der Waals surface area contributed by atoms with Gasteiger partial charge in [0.05, 0.1) is 28.5 Å². The molecule has 0 bridgehead atoms. The van der Waals surface area contributed by atoms with Crippen LogP contribution in [0.5, 0.6) is 0 Å². The Morgan fingerprint density at radius 2 is 2.05 bits per heavy atom. The van der Waals surface area contributed by atoms with E-state index in [2.05, 4.69) is 15.1 Å². The molecule has 2 N–H and O–H groups in total. The fourth-order valence-corrected chi connectivity index (χ4v) is 2.91. The predicted octanol–water partition coefficient (Wildman–Crippen LogP) is 2.21. The molecule has 0 aliphatic carbocycles. The molecule has 9 heteroatoms. The third kappa shape index (κ3) is 4.10. The molecule has 0 saturated heterocycles. The van der Waals surface area contributed by atoms with E-state index in [0.29, 0.717) is 23.8 Å². The summed E-state index contributed by atoms with van der Waals surface area (Å²) in [6.07, 6.45) is 2.77. The van der Waals surface area contributed by atoms with Crippen molar-refractivity contribution in [3.8, 4) is 0 Å². The van der Waals surface area contributed by atoms with E-state index in [4.69, 9.17) is 23.2 Å². The summed E-state index contributed by atoms with van der Waals surface area (Å²) in [7, 11) is -1.89. The number of nitrogens with one attached hydrogen (secondary N) is 2. The lowest BCUT2D eigenvalue weighted by Crippen LogP contribution is -2.15. The van der Waals surface area contributed by atoms with E-state index in [-0.39, 0.29) is 9.92 Å². The average molecular weight is 349 g/mol. The number of likely N-dealkylation sites (N-methyl/N-ethyl adjacent to an activating group) is 1. The van der Waals surface area contributed by atoms with Crippen LogP contribution < -0.4 is 10.0 Å². The van der Waals surface area contributed by atoms with E-state index in [1.54, 1.807) is 4.68 Å². The van der Waals surface area contributed by atoms with Gasteiger partial charge in [0.2, 0.25) is 0 Å². The minimum absolute atomic E-state index is 0.0877. The smallest absolute Gasteiger partial charge is 0.265 e. The number of hydrogen-bond acceptors (Lipinski definition) is 4. The lowest BCUT2D eigenvalue weighted by molar-refractivity contribution is 0.582. The van der Waals surface area contributed by atoms with Crippen molar-refractivity contribution < 1.29 is 8.42 Å². The molecule has 1 heterocycles.